The lowest BCUT2D eigenvalue weighted by Gasteiger charge is -2.36. The van der Waals surface area contributed by atoms with Crippen molar-refractivity contribution < 1.29 is 9.63 Å². The van der Waals surface area contributed by atoms with Crippen LogP contribution < -0.4 is 10.8 Å². The van der Waals surface area contributed by atoms with Gasteiger partial charge in [-0.15, -0.1) is 11.8 Å². The summed E-state index contributed by atoms with van der Waals surface area (Å²) in [6.07, 6.45) is 5.64. The third-order valence-electron chi connectivity index (χ3n) is 5.14. The van der Waals surface area contributed by atoms with E-state index in [1.165, 1.54) is 0 Å². The standard InChI is InChI=1S/C21H22ClN3O2S/c1-28-18-4-2-3-17(13-18)23-20(26)25-11-9-21(10-12-25)14-19(24-27-21)15-5-7-16(22)8-6-15/h2-8,13-14,24H,9-12H2,1H3,(H,23,26). The number of amides is 2. The predicted octanol–water partition coefficient (Wildman–Crippen LogP) is 5.00. The van der Waals surface area contributed by atoms with E-state index in [4.69, 9.17) is 16.4 Å². The van der Waals surface area contributed by atoms with E-state index in [9.17, 15) is 4.79 Å². The minimum atomic E-state index is -0.371. The number of thioether (sulfide) groups is 1. The zero-order valence-corrected chi connectivity index (χ0v) is 17.1. The molecule has 2 aromatic rings. The van der Waals surface area contributed by atoms with Crippen molar-refractivity contribution >= 4 is 40.8 Å². The van der Waals surface area contributed by atoms with Gasteiger partial charge in [0.25, 0.3) is 0 Å². The number of benzene rings is 2. The second-order valence-corrected chi connectivity index (χ2v) is 8.30. The Balaban J connectivity index is 1.37. The number of halogens is 1. The number of rotatable bonds is 3. The van der Waals surface area contributed by atoms with E-state index < -0.39 is 0 Å². The molecule has 0 radical (unpaired) electrons. The molecule has 0 saturated carbocycles. The highest BCUT2D eigenvalue weighted by molar-refractivity contribution is 7.98. The third kappa shape index (κ3) is 4.14. The second-order valence-electron chi connectivity index (χ2n) is 6.98. The summed E-state index contributed by atoms with van der Waals surface area (Å²) in [5, 5.41) is 3.70. The molecule has 146 valence electrons. The molecule has 1 spiro atoms. The molecule has 7 heteroatoms. The van der Waals surface area contributed by atoms with Crippen molar-refractivity contribution in [1.82, 2.24) is 10.4 Å². The highest BCUT2D eigenvalue weighted by Crippen LogP contribution is 2.35. The second kappa shape index (κ2) is 8.07. The monoisotopic (exact) mass is 415 g/mol. The molecule has 2 N–H and O–H groups in total. The van der Waals surface area contributed by atoms with Gasteiger partial charge in [0.2, 0.25) is 0 Å². The van der Waals surface area contributed by atoms with Crippen LogP contribution in [0.25, 0.3) is 5.70 Å². The number of urea groups is 1. The van der Waals surface area contributed by atoms with E-state index in [-0.39, 0.29) is 11.6 Å². The summed E-state index contributed by atoms with van der Waals surface area (Å²) < 4.78 is 0. The number of hydrogen-bond acceptors (Lipinski definition) is 4. The first-order valence-corrected chi connectivity index (χ1v) is 10.8. The molecule has 4 rings (SSSR count). The largest absolute Gasteiger partial charge is 0.324 e. The Morgan fingerprint density at radius 2 is 1.96 bits per heavy atom. The molecular formula is C21H22ClN3O2S. The predicted molar refractivity (Wildman–Crippen MR) is 114 cm³/mol. The Hall–Kier alpha value is -2.15. The van der Waals surface area contributed by atoms with Crippen LogP contribution >= 0.6 is 23.4 Å². The average molecular weight is 416 g/mol. The Bertz CT molecular complexity index is 893. The minimum absolute atomic E-state index is 0.0686. The molecule has 0 bridgehead atoms. The first kappa shape index (κ1) is 19.2. The fraction of sp³-hybridized carbons (Fsp3) is 0.286. The van der Waals surface area contributed by atoms with Crippen LogP contribution in [0, 0.1) is 0 Å². The van der Waals surface area contributed by atoms with Gasteiger partial charge in [-0.3, -0.25) is 10.3 Å². The molecule has 0 aliphatic carbocycles. The van der Waals surface area contributed by atoms with Crippen LogP contribution in [0.1, 0.15) is 18.4 Å². The molecule has 2 heterocycles. The van der Waals surface area contributed by atoms with Crippen LogP contribution in [0.3, 0.4) is 0 Å². The summed E-state index contributed by atoms with van der Waals surface area (Å²) in [4.78, 5) is 21.5. The van der Waals surface area contributed by atoms with Gasteiger partial charge in [0, 0.05) is 41.5 Å². The van der Waals surface area contributed by atoms with Crippen molar-refractivity contribution in [2.75, 3.05) is 24.7 Å². The lowest BCUT2D eigenvalue weighted by atomic mass is 9.90. The molecule has 28 heavy (non-hydrogen) atoms. The molecule has 0 aromatic heterocycles. The normalized spacial score (nSPS) is 17.9. The number of hydroxylamine groups is 1. The molecule has 0 atom stereocenters. The van der Waals surface area contributed by atoms with Gasteiger partial charge < -0.3 is 10.2 Å². The fourth-order valence-electron chi connectivity index (χ4n) is 3.49. The number of piperidine rings is 1. The van der Waals surface area contributed by atoms with Crippen molar-refractivity contribution in [3.63, 3.8) is 0 Å². The molecule has 1 fully saturated rings. The summed E-state index contributed by atoms with van der Waals surface area (Å²) in [7, 11) is 0. The Morgan fingerprint density at radius 3 is 2.68 bits per heavy atom. The average Bonchev–Trinajstić information content (AvgIpc) is 3.12. The van der Waals surface area contributed by atoms with Crippen LogP contribution in [0.2, 0.25) is 5.02 Å². The molecule has 5 nitrogen and oxygen atoms in total. The van der Waals surface area contributed by atoms with Crippen molar-refractivity contribution in [2.24, 2.45) is 0 Å². The topological polar surface area (TPSA) is 53.6 Å². The van der Waals surface area contributed by atoms with Gasteiger partial charge in [-0.1, -0.05) is 29.8 Å². The van der Waals surface area contributed by atoms with Crippen molar-refractivity contribution in [1.29, 1.82) is 0 Å². The van der Waals surface area contributed by atoms with Gasteiger partial charge in [0.05, 0.1) is 5.70 Å². The van der Waals surface area contributed by atoms with E-state index >= 15 is 0 Å². The van der Waals surface area contributed by atoms with E-state index in [0.29, 0.717) is 18.1 Å². The Kier molecular flexibility index (Phi) is 5.53. The SMILES string of the molecule is CSc1cccc(NC(=O)N2CCC3(C=C(c4ccc(Cl)cc4)NO3)CC2)c1. The van der Waals surface area contributed by atoms with Gasteiger partial charge in [-0.05, 0) is 48.2 Å². The van der Waals surface area contributed by atoms with E-state index in [2.05, 4.69) is 16.9 Å². The van der Waals surface area contributed by atoms with Gasteiger partial charge in [0.15, 0.2) is 0 Å². The minimum Gasteiger partial charge on any atom is -0.324 e. The van der Waals surface area contributed by atoms with E-state index in [0.717, 1.165) is 34.7 Å². The summed E-state index contributed by atoms with van der Waals surface area (Å²) in [5.41, 5.74) is 5.48. The number of carbonyl (C=O) groups excluding carboxylic acids is 1. The van der Waals surface area contributed by atoms with Gasteiger partial charge >= 0.3 is 6.03 Å². The lowest BCUT2D eigenvalue weighted by Crippen LogP contribution is -2.48. The van der Waals surface area contributed by atoms with Crippen molar-refractivity contribution in [2.45, 2.75) is 23.3 Å². The first-order valence-electron chi connectivity index (χ1n) is 9.20. The number of carbonyl (C=O) groups is 1. The number of nitrogens with one attached hydrogen (secondary N) is 2. The molecule has 2 aromatic carbocycles. The van der Waals surface area contributed by atoms with Gasteiger partial charge in [-0.2, -0.15) is 0 Å². The number of anilines is 1. The maximum absolute atomic E-state index is 12.6. The number of nitrogens with zero attached hydrogens (tertiary/aromatic N) is 1. The zero-order chi connectivity index (χ0) is 19.6. The molecule has 2 aliphatic heterocycles. The lowest BCUT2D eigenvalue weighted by molar-refractivity contribution is -0.0634. The molecule has 2 amide bonds. The molecule has 1 saturated heterocycles. The molecule has 2 aliphatic rings. The number of hydrogen-bond donors (Lipinski definition) is 2. The third-order valence-corrected chi connectivity index (χ3v) is 6.12. The summed E-state index contributed by atoms with van der Waals surface area (Å²) in [5.74, 6) is 0. The van der Waals surface area contributed by atoms with Crippen LogP contribution in [0.5, 0.6) is 0 Å². The summed E-state index contributed by atoms with van der Waals surface area (Å²) >= 11 is 7.62. The van der Waals surface area contributed by atoms with Crippen LogP contribution in [0.15, 0.2) is 59.5 Å². The van der Waals surface area contributed by atoms with Crippen LogP contribution in [-0.4, -0.2) is 35.9 Å². The Labute approximate surface area is 174 Å². The fourth-order valence-corrected chi connectivity index (χ4v) is 4.07. The van der Waals surface area contributed by atoms with Crippen molar-refractivity contribution in [3.05, 3.63) is 65.2 Å². The maximum Gasteiger partial charge on any atom is 0.321 e. The smallest absolute Gasteiger partial charge is 0.321 e. The van der Waals surface area contributed by atoms with Crippen LogP contribution in [-0.2, 0) is 4.84 Å². The van der Waals surface area contributed by atoms with E-state index in [1.54, 1.807) is 11.8 Å². The van der Waals surface area contributed by atoms with Crippen LogP contribution in [0.4, 0.5) is 10.5 Å². The highest BCUT2D eigenvalue weighted by Gasteiger charge is 2.39. The first-order chi connectivity index (χ1) is 13.6. The molecule has 0 unspecified atom stereocenters. The Morgan fingerprint density at radius 1 is 1.21 bits per heavy atom. The number of likely N-dealkylation sites (tertiary alicyclic amines) is 1. The molecular weight excluding hydrogens is 394 g/mol. The van der Waals surface area contributed by atoms with Crippen molar-refractivity contribution in [3.8, 4) is 0 Å². The summed E-state index contributed by atoms with van der Waals surface area (Å²) in [6, 6.07) is 15.5. The van der Waals surface area contributed by atoms with Gasteiger partial charge in [0.1, 0.15) is 5.60 Å². The van der Waals surface area contributed by atoms with Gasteiger partial charge in [-0.25, -0.2) is 4.79 Å². The highest BCUT2D eigenvalue weighted by atomic mass is 35.5. The zero-order valence-electron chi connectivity index (χ0n) is 15.6. The van der Waals surface area contributed by atoms with E-state index in [1.807, 2.05) is 59.7 Å². The maximum atomic E-state index is 12.6. The quantitative estimate of drug-likeness (QED) is 0.692. The summed E-state index contributed by atoms with van der Waals surface area (Å²) in [6.45, 7) is 1.28.